The van der Waals surface area contributed by atoms with Crippen LogP contribution in [0.25, 0.3) is 0 Å². The Hall–Kier alpha value is -3.63. The predicted molar refractivity (Wildman–Crippen MR) is 140 cm³/mol. The van der Waals surface area contributed by atoms with Gasteiger partial charge in [-0.2, -0.15) is 0 Å². The molecule has 1 aromatic heterocycles. The standard InChI is InChI=1S/C25H30N6O3S/c1-3-12-30-13-15-31(16-14-30)19-8-4-17(5-9-19)23(33)29-24-21(22(26)32)28-25(35-24)27-18-6-10-20(34-2)11-7-18/h4-11H,3,12-16H2,1-2H3,(H2,26,32)(H,27,28)(H,29,33). The molecule has 4 N–H and O–H groups in total. The Balaban J connectivity index is 1.41. The largest absolute Gasteiger partial charge is 0.497 e. The molecule has 10 heteroatoms. The molecular formula is C25H30N6O3S. The Morgan fingerprint density at radius 3 is 2.34 bits per heavy atom. The second-order valence-electron chi connectivity index (χ2n) is 8.24. The number of hydrogen-bond acceptors (Lipinski definition) is 8. The topological polar surface area (TPSA) is 113 Å². The number of nitrogens with zero attached hydrogens (tertiary/aromatic N) is 3. The van der Waals surface area contributed by atoms with Crippen molar-refractivity contribution in [1.82, 2.24) is 9.88 Å². The number of hydrogen-bond donors (Lipinski definition) is 3. The number of thiazole rings is 1. The number of rotatable bonds is 9. The molecule has 0 spiro atoms. The zero-order chi connectivity index (χ0) is 24.8. The van der Waals surface area contributed by atoms with Crippen LogP contribution in [0.4, 0.5) is 21.5 Å². The molecule has 2 aromatic carbocycles. The first-order valence-electron chi connectivity index (χ1n) is 11.6. The van der Waals surface area contributed by atoms with Crippen molar-refractivity contribution in [2.75, 3.05) is 55.4 Å². The average Bonchev–Trinajstić information content (AvgIpc) is 3.27. The van der Waals surface area contributed by atoms with Crippen LogP contribution in [-0.2, 0) is 0 Å². The van der Waals surface area contributed by atoms with E-state index in [2.05, 4.69) is 32.3 Å². The molecule has 1 fully saturated rings. The van der Waals surface area contributed by atoms with E-state index >= 15 is 0 Å². The fourth-order valence-electron chi connectivity index (χ4n) is 3.97. The van der Waals surface area contributed by atoms with Gasteiger partial charge in [0.15, 0.2) is 10.8 Å². The van der Waals surface area contributed by atoms with E-state index in [9.17, 15) is 9.59 Å². The molecule has 0 radical (unpaired) electrons. The molecular weight excluding hydrogens is 464 g/mol. The van der Waals surface area contributed by atoms with Gasteiger partial charge in [0.05, 0.1) is 7.11 Å². The summed E-state index contributed by atoms with van der Waals surface area (Å²) < 4.78 is 5.16. The molecule has 2 heterocycles. The van der Waals surface area contributed by atoms with Crippen LogP contribution in [0, 0.1) is 0 Å². The molecule has 0 unspecified atom stereocenters. The van der Waals surface area contributed by atoms with E-state index in [0.717, 1.165) is 61.2 Å². The summed E-state index contributed by atoms with van der Waals surface area (Å²) in [6.45, 7) is 7.37. The number of nitrogens with two attached hydrogens (primary N) is 1. The summed E-state index contributed by atoms with van der Waals surface area (Å²) in [5.41, 5.74) is 7.87. The lowest BCUT2D eigenvalue weighted by atomic mass is 10.1. The molecule has 0 aliphatic carbocycles. The number of ether oxygens (including phenoxy) is 1. The van der Waals surface area contributed by atoms with Crippen LogP contribution >= 0.6 is 11.3 Å². The molecule has 2 amide bonds. The van der Waals surface area contributed by atoms with Gasteiger partial charge in [-0.1, -0.05) is 18.3 Å². The van der Waals surface area contributed by atoms with Crippen LogP contribution in [0.1, 0.15) is 34.2 Å². The van der Waals surface area contributed by atoms with Crippen LogP contribution in [0.5, 0.6) is 5.75 Å². The Kier molecular flexibility index (Phi) is 7.84. The van der Waals surface area contributed by atoms with Gasteiger partial charge in [0, 0.05) is 43.1 Å². The molecule has 0 saturated carbocycles. The summed E-state index contributed by atoms with van der Waals surface area (Å²) in [5.74, 6) is -0.311. The maximum atomic E-state index is 12.9. The fourth-order valence-corrected chi connectivity index (χ4v) is 4.85. The van der Waals surface area contributed by atoms with Gasteiger partial charge >= 0.3 is 0 Å². The highest BCUT2D eigenvalue weighted by Gasteiger charge is 2.20. The monoisotopic (exact) mass is 494 g/mol. The van der Waals surface area contributed by atoms with Crippen molar-refractivity contribution in [2.24, 2.45) is 5.73 Å². The summed E-state index contributed by atoms with van der Waals surface area (Å²) in [4.78, 5) is 33.9. The van der Waals surface area contributed by atoms with E-state index in [1.807, 2.05) is 36.4 Å². The Labute approximate surface area is 208 Å². The maximum Gasteiger partial charge on any atom is 0.270 e. The van der Waals surface area contributed by atoms with Crippen LogP contribution in [-0.4, -0.2) is 61.5 Å². The quantitative estimate of drug-likeness (QED) is 0.415. The maximum absolute atomic E-state index is 12.9. The van der Waals surface area contributed by atoms with Gasteiger partial charge in [-0.05, 0) is 61.5 Å². The number of anilines is 4. The van der Waals surface area contributed by atoms with E-state index in [0.29, 0.717) is 15.7 Å². The van der Waals surface area contributed by atoms with Crippen molar-refractivity contribution in [3.05, 3.63) is 59.8 Å². The molecule has 35 heavy (non-hydrogen) atoms. The summed E-state index contributed by atoms with van der Waals surface area (Å²) in [6.07, 6.45) is 1.17. The van der Waals surface area contributed by atoms with Gasteiger partial charge in [-0.3, -0.25) is 14.5 Å². The smallest absolute Gasteiger partial charge is 0.270 e. The van der Waals surface area contributed by atoms with Crippen LogP contribution in [0.2, 0.25) is 0 Å². The summed E-state index contributed by atoms with van der Waals surface area (Å²) in [6, 6.07) is 14.8. The number of carbonyl (C=O) groups excluding carboxylic acids is 2. The normalized spacial score (nSPS) is 13.9. The average molecular weight is 495 g/mol. The van der Waals surface area contributed by atoms with E-state index in [-0.39, 0.29) is 11.6 Å². The third kappa shape index (κ3) is 6.09. The van der Waals surface area contributed by atoms with Gasteiger partial charge in [0.25, 0.3) is 11.8 Å². The third-order valence-electron chi connectivity index (χ3n) is 5.84. The van der Waals surface area contributed by atoms with Gasteiger partial charge in [0.1, 0.15) is 10.8 Å². The Morgan fingerprint density at radius 1 is 1.06 bits per heavy atom. The van der Waals surface area contributed by atoms with Crippen molar-refractivity contribution in [2.45, 2.75) is 13.3 Å². The zero-order valence-electron chi connectivity index (χ0n) is 19.9. The van der Waals surface area contributed by atoms with Crippen molar-refractivity contribution in [3.63, 3.8) is 0 Å². The molecule has 184 valence electrons. The first kappa shape index (κ1) is 24.5. The van der Waals surface area contributed by atoms with Crippen molar-refractivity contribution >= 4 is 44.7 Å². The molecule has 1 aliphatic rings. The van der Waals surface area contributed by atoms with E-state index in [1.54, 1.807) is 19.2 Å². The number of aromatic nitrogens is 1. The molecule has 1 aliphatic heterocycles. The fraction of sp³-hybridized carbons (Fsp3) is 0.320. The number of piperazine rings is 1. The van der Waals surface area contributed by atoms with E-state index in [4.69, 9.17) is 10.5 Å². The van der Waals surface area contributed by atoms with Crippen molar-refractivity contribution in [3.8, 4) is 5.75 Å². The van der Waals surface area contributed by atoms with Gasteiger partial charge in [0.2, 0.25) is 0 Å². The molecule has 4 rings (SSSR count). The minimum atomic E-state index is -0.711. The summed E-state index contributed by atoms with van der Waals surface area (Å²) in [7, 11) is 1.60. The number of nitrogens with one attached hydrogen (secondary N) is 2. The molecule has 0 bridgehead atoms. The number of primary amides is 1. The number of amides is 2. The highest BCUT2D eigenvalue weighted by molar-refractivity contribution is 7.20. The molecule has 1 saturated heterocycles. The van der Waals surface area contributed by atoms with Crippen LogP contribution in [0.15, 0.2) is 48.5 Å². The number of benzene rings is 2. The molecule has 0 atom stereocenters. The highest BCUT2D eigenvalue weighted by Crippen LogP contribution is 2.31. The minimum Gasteiger partial charge on any atom is -0.497 e. The molecule has 9 nitrogen and oxygen atoms in total. The lowest BCUT2D eigenvalue weighted by Crippen LogP contribution is -2.46. The minimum absolute atomic E-state index is 0.0148. The third-order valence-corrected chi connectivity index (χ3v) is 6.72. The lowest BCUT2D eigenvalue weighted by molar-refractivity contribution is 0.0997. The molecule has 3 aromatic rings. The van der Waals surface area contributed by atoms with Gasteiger partial charge in [-0.25, -0.2) is 4.98 Å². The van der Waals surface area contributed by atoms with Crippen LogP contribution in [0.3, 0.4) is 0 Å². The number of carbonyl (C=O) groups is 2. The van der Waals surface area contributed by atoms with Gasteiger partial charge < -0.3 is 26.0 Å². The van der Waals surface area contributed by atoms with E-state index < -0.39 is 5.91 Å². The first-order valence-corrected chi connectivity index (χ1v) is 12.4. The summed E-state index contributed by atoms with van der Waals surface area (Å²) >= 11 is 1.15. The second-order valence-corrected chi connectivity index (χ2v) is 9.24. The van der Waals surface area contributed by atoms with Crippen molar-refractivity contribution in [1.29, 1.82) is 0 Å². The SMILES string of the molecule is CCCN1CCN(c2ccc(C(=O)Nc3sc(Nc4ccc(OC)cc4)nc3C(N)=O)cc2)CC1. The van der Waals surface area contributed by atoms with Crippen LogP contribution < -0.4 is 26.0 Å². The first-order chi connectivity index (χ1) is 17.0. The Bertz CT molecular complexity index is 1150. The van der Waals surface area contributed by atoms with Crippen molar-refractivity contribution < 1.29 is 14.3 Å². The number of methoxy groups -OCH3 is 1. The van der Waals surface area contributed by atoms with Gasteiger partial charge in [-0.15, -0.1) is 0 Å². The Morgan fingerprint density at radius 2 is 1.74 bits per heavy atom. The lowest BCUT2D eigenvalue weighted by Gasteiger charge is -2.36. The second kappa shape index (κ2) is 11.2. The zero-order valence-corrected chi connectivity index (χ0v) is 20.7. The highest BCUT2D eigenvalue weighted by atomic mass is 32.1. The summed E-state index contributed by atoms with van der Waals surface area (Å²) in [5, 5.41) is 6.65. The predicted octanol–water partition coefficient (Wildman–Crippen LogP) is 3.78. The van der Waals surface area contributed by atoms with E-state index in [1.165, 1.54) is 6.42 Å².